The highest BCUT2D eigenvalue weighted by atomic mass is 16.5. The van der Waals surface area contributed by atoms with Gasteiger partial charge in [0.25, 0.3) is 5.91 Å². The predicted octanol–water partition coefficient (Wildman–Crippen LogP) is 3.06. The van der Waals surface area contributed by atoms with E-state index in [1.165, 1.54) is 0 Å². The second kappa shape index (κ2) is 9.96. The number of benzene rings is 2. The number of hydrogen-bond donors (Lipinski definition) is 1. The summed E-state index contributed by atoms with van der Waals surface area (Å²) in [7, 11) is 1.60. The highest BCUT2D eigenvalue weighted by molar-refractivity contribution is 5.94. The van der Waals surface area contributed by atoms with Gasteiger partial charge in [-0.05, 0) is 61.7 Å². The second-order valence-electron chi connectivity index (χ2n) is 7.11. The Balaban J connectivity index is 1.45. The molecule has 0 saturated carbocycles. The van der Waals surface area contributed by atoms with Crippen molar-refractivity contribution >= 4 is 11.8 Å². The van der Waals surface area contributed by atoms with Crippen molar-refractivity contribution in [3.8, 4) is 11.5 Å². The van der Waals surface area contributed by atoms with Gasteiger partial charge in [0.2, 0.25) is 5.91 Å². The van der Waals surface area contributed by atoms with E-state index < -0.39 is 0 Å². The number of piperidine rings is 1. The van der Waals surface area contributed by atoms with E-state index in [0.29, 0.717) is 31.7 Å². The molecule has 1 aliphatic heterocycles. The molecule has 2 amide bonds. The number of ether oxygens (including phenoxy) is 2. The normalized spacial score (nSPS) is 14.3. The van der Waals surface area contributed by atoms with E-state index in [-0.39, 0.29) is 17.9 Å². The molecule has 6 heteroatoms. The molecular formula is C23H28N2O4. The van der Waals surface area contributed by atoms with Crippen LogP contribution in [0, 0.1) is 0 Å². The van der Waals surface area contributed by atoms with E-state index in [1.807, 2.05) is 36.1 Å². The van der Waals surface area contributed by atoms with Crippen molar-refractivity contribution in [2.45, 2.75) is 32.2 Å². The molecule has 0 spiro atoms. The van der Waals surface area contributed by atoms with Gasteiger partial charge in [-0.2, -0.15) is 0 Å². The average molecular weight is 396 g/mol. The Morgan fingerprint density at radius 1 is 1.00 bits per heavy atom. The summed E-state index contributed by atoms with van der Waals surface area (Å²) in [6.45, 7) is 3.88. The average Bonchev–Trinajstić information content (AvgIpc) is 2.76. The molecular weight excluding hydrogens is 368 g/mol. The zero-order valence-electron chi connectivity index (χ0n) is 17.0. The summed E-state index contributed by atoms with van der Waals surface area (Å²) in [4.78, 5) is 26.9. The van der Waals surface area contributed by atoms with Gasteiger partial charge in [-0.3, -0.25) is 9.59 Å². The van der Waals surface area contributed by atoms with Crippen LogP contribution >= 0.6 is 0 Å². The van der Waals surface area contributed by atoms with Gasteiger partial charge in [-0.1, -0.05) is 12.1 Å². The minimum atomic E-state index is -0.0909. The summed E-state index contributed by atoms with van der Waals surface area (Å²) in [5, 5.41) is 3.07. The van der Waals surface area contributed by atoms with E-state index >= 15 is 0 Å². The number of nitrogens with one attached hydrogen (secondary N) is 1. The molecule has 29 heavy (non-hydrogen) atoms. The lowest BCUT2D eigenvalue weighted by molar-refractivity contribution is -0.131. The van der Waals surface area contributed by atoms with Crippen molar-refractivity contribution < 1.29 is 19.1 Å². The van der Waals surface area contributed by atoms with E-state index in [0.717, 1.165) is 29.9 Å². The van der Waals surface area contributed by atoms with Gasteiger partial charge < -0.3 is 19.7 Å². The highest BCUT2D eigenvalue weighted by Crippen LogP contribution is 2.17. The first-order chi connectivity index (χ1) is 14.1. The molecule has 1 heterocycles. The predicted molar refractivity (Wildman–Crippen MR) is 111 cm³/mol. The number of likely N-dealkylation sites (tertiary alicyclic amines) is 1. The fraction of sp³-hybridized carbons (Fsp3) is 0.391. The van der Waals surface area contributed by atoms with Crippen molar-refractivity contribution in [1.29, 1.82) is 0 Å². The zero-order chi connectivity index (χ0) is 20.6. The number of nitrogens with zero attached hydrogens (tertiary/aromatic N) is 1. The lowest BCUT2D eigenvalue weighted by Gasteiger charge is -2.32. The Bertz CT molecular complexity index is 810. The van der Waals surface area contributed by atoms with E-state index in [2.05, 4.69) is 5.32 Å². The van der Waals surface area contributed by atoms with Gasteiger partial charge in [0.05, 0.1) is 20.1 Å². The Morgan fingerprint density at radius 2 is 1.62 bits per heavy atom. The van der Waals surface area contributed by atoms with Crippen LogP contribution < -0.4 is 14.8 Å². The van der Waals surface area contributed by atoms with Crippen LogP contribution in [0.15, 0.2) is 48.5 Å². The molecule has 2 aromatic carbocycles. The molecule has 0 aliphatic carbocycles. The van der Waals surface area contributed by atoms with E-state index in [1.54, 1.807) is 31.4 Å². The van der Waals surface area contributed by atoms with Crippen molar-refractivity contribution in [3.05, 3.63) is 59.7 Å². The minimum Gasteiger partial charge on any atom is -0.497 e. The Hall–Kier alpha value is -3.02. The largest absolute Gasteiger partial charge is 0.497 e. The zero-order valence-corrected chi connectivity index (χ0v) is 17.0. The molecule has 1 fully saturated rings. The number of hydrogen-bond acceptors (Lipinski definition) is 4. The number of carbonyl (C=O) groups excluding carboxylic acids is 2. The highest BCUT2D eigenvalue weighted by Gasteiger charge is 2.24. The molecule has 0 unspecified atom stereocenters. The maximum atomic E-state index is 12.6. The Kier molecular flexibility index (Phi) is 7.11. The molecule has 1 saturated heterocycles. The lowest BCUT2D eigenvalue weighted by Crippen LogP contribution is -2.46. The fourth-order valence-corrected chi connectivity index (χ4v) is 3.44. The van der Waals surface area contributed by atoms with Gasteiger partial charge in [-0.15, -0.1) is 0 Å². The smallest absolute Gasteiger partial charge is 0.251 e. The molecule has 0 atom stereocenters. The number of carbonyl (C=O) groups is 2. The number of amides is 2. The standard InChI is InChI=1S/C23H28N2O4/c1-3-29-21-8-4-17(5-9-21)16-22(26)25-14-12-19(13-15-25)24-23(27)18-6-10-20(28-2)11-7-18/h4-11,19H,3,12-16H2,1-2H3,(H,24,27). The SMILES string of the molecule is CCOc1ccc(CC(=O)N2CCC(NC(=O)c3ccc(OC)cc3)CC2)cc1. The van der Waals surface area contributed by atoms with Crippen LogP contribution in [-0.2, 0) is 11.2 Å². The van der Waals surface area contributed by atoms with Crippen LogP contribution in [0.25, 0.3) is 0 Å². The molecule has 2 aromatic rings. The van der Waals surface area contributed by atoms with Crippen molar-refractivity contribution in [1.82, 2.24) is 10.2 Å². The van der Waals surface area contributed by atoms with Crippen LogP contribution in [0.5, 0.6) is 11.5 Å². The monoisotopic (exact) mass is 396 g/mol. The third-order valence-electron chi connectivity index (χ3n) is 5.12. The van der Waals surface area contributed by atoms with Crippen LogP contribution in [-0.4, -0.2) is 49.6 Å². The first kappa shape index (κ1) is 20.7. The first-order valence-corrected chi connectivity index (χ1v) is 10.0. The quantitative estimate of drug-likeness (QED) is 0.781. The summed E-state index contributed by atoms with van der Waals surface area (Å²) in [6, 6.07) is 14.8. The van der Waals surface area contributed by atoms with Gasteiger partial charge in [-0.25, -0.2) is 0 Å². The molecule has 6 nitrogen and oxygen atoms in total. The third kappa shape index (κ3) is 5.73. The summed E-state index contributed by atoms with van der Waals surface area (Å²) in [5.41, 5.74) is 1.59. The summed E-state index contributed by atoms with van der Waals surface area (Å²) >= 11 is 0. The lowest BCUT2D eigenvalue weighted by atomic mass is 10.0. The van der Waals surface area contributed by atoms with Gasteiger partial charge in [0.15, 0.2) is 0 Å². The van der Waals surface area contributed by atoms with Gasteiger partial charge in [0.1, 0.15) is 11.5 Å². The number of methoxy groups -OCH3 is 1. The summed E-state index contributed by atoms with van der Waals surface area (Å²) in [5.74, 6) is 1.57. The minimum absolute atomic E-state index is 0.0825. The third-order valence-corrected chi connectivity index (χ3v) is 5.12. The Labute approximate surface area is 171 Å². The maximum absolute atomic E-state index is 12.6. The van der Waals surface area contributed by atoms with Gasteiger partial charge >= 0.3 is 0 Å². The maximum Gasteiger partial charge on any atom is 0.251 e. The van der Waals surface area contributed by atoms with Crippen LogP contribution in [0.1, 0.15) is 35.7 Å². The molecule has 1 aliphatic rings. The van der Waals surface area contributed by atoms with Gasteiger partial charge in [0, 0.05) is 24.7 Å². The fourth-order valence-electron chi connectivity index (χ4n) is 3.44. The second-order valence-corrected chi connectivity index (χ2v) is 7.11. The van der Waals surface area contributed by atoms with Crippen molar-refractivity contribution in [2.75, 3.05) is 26.8 Å². The van der Waals surface area contributed by atoms with Crippen molar-refractivity contribution in [2.24, 2.45) is 0 Å². The van der Waals surface area contributed by atoms with Crippen LogP contribution in [0.4, 0.5) is 0 Å². The molecule has 0 aromatic heterocycles. The van der Waals surface area contributed by atoms with Crippen LogP contribution in [0.2, 0.25) is 0 Å². The molecule has 3 rings (SSSR count). The molecule has 154 valence electrons. The molecule has 0 bridgehead atoms. The van der Waals surface area contributed by atoms with Crippen LogP contribution in [0.3, 0.4) is 0 Å². The molecule has 1 N–H and O–H groups in total. The van der Waals surface area contributed by atoms with Crippen molar-refractivity contribution in [3.63, 3.8) is 0 Å². The number of rotatable bonds is 7. The first-order valence-electron chi connectivity index (χ1n) is 10.0. The summed E-state index contributed by atoms with van der Waals surface area (Å²) < 4.78 is 10.5. The summed E-state index contributed by atoms with van der Waals surface area (Å²) in [6.07, 6.45) is 1.91. The molecule has 0 radical (unpaired) electrons. The van der Waals surface area contributed by atoms with E-state index in [4.69, 9.17) is 9.47 Å². The Morgan fingerprint density at radius 3 is 2.21 bits per heavy atom. The topological polar surface area (TPSA) is 67.9 Å². The van der Waals surface area contributed by atoms with E-state index in [9.17, 15) is 9.59 Å².